The highest BCUT2D eigenvalue weighted by molar-refractivity contribution is 6.33. The molecule has 2 aliphatic rings. The standard InChI is InChI=1S/C27H34Cl2N2O/c28-19-11-13-26-24(15-19)25-16-20(29)12-14-27(25)31(26)18-23(32)17-30(21-7-3-1-4-8-21)22-9-5-2-6-10-22/h11-16,21-23,32H,1-10,17-18H2/t23-/m0/s1. The van der Waals surface area contributed by atoms with Crippen molar-refractivity contribution in [2.24, 2.45) is 0 Å². The molecule has 2 saturated carbocycles. The summed E-state index contributed by atoms with van der Waals surface area (Å²) in [6.07, 6.45) is 12.8. The van der Waals surface area contributed by atoms with Gasteiger partial charge in [0.2, 0.25) is 0 Å². The first-order valence-corrected chi connectivity index (χ1v) is 13.2. The topological polar surface area (TPSA) is 28.4 Å². The molecule has 0 unspecified atom stereocenters. The Morgan fingerprint density at radius 2 is 1.25 bits per heavy atom. The zero-order valence-electron chi connectivity index (χ0n) is 18.8. The van der Waals surface area contributed by atoms with Crippen LogP contribution in [-0.4, -0.2) is 39.3 Å². The average Bonchev–Trinajstić information content (AvgIpc) is 3.10. The molecule has 2 fully saturated rings. The highest BCUT2D eigenvalue weighted by Crippen LogP contribution is 2.34. The van der Waals surface area contributed by atoms with Crippen LogP contribution in [0.3, 0.4) is 0 Å². The summed E-state index contributed by atoms with van der Waals surface area (Å²) < 4.78 is 2.25. The molecule has 3 aromatic rings. The summed E-state index contributed by atoms with van der Waals surface area (Å²) in [5.74, 6) is 0. The van der Waals surface area contributed by atoms with Crippen LogP contribution in [0.5, 0.6) is 0 Å². The number of nitrogens with zero attached hydrogens (tertiary/aromatic N) is 2. The normalized spacial score (nSPS) is 19.9. The molecule has 32 heavy (non-hydrogen) atoms. The van der Waals surface area contributed by atoms with E-state index in [1.165, 1.54) is 64.2 Å². The minimum absolute atomic E-state index is 0.413. The molecule has 0 spiro atoms. The lowest BCUT2D eigenvalue weighted by Crippen LogP contribution is -2.49. The quantitative estimate of drug-likeness (QED) is 0.403. The fourth-order valence-corrected chi connectivity index (χ4v) is 6.52. The van der Waals surface area contributed by atoms with Crippen LogP contribution in [-0.2, 0) is 6.54 Å². The van der Waals surface area contributed by atoms with Gasteiger partial charge in [0, 0.05) is 50.5 Å². The minimum Gasteiger partial charge on any atom is -0.390 e. The van der Waals surface area contributed by atoms with Gasteiger partial charge < -0.3 is 9.67 Å². The van der Waals surface area contributed by atoms with Crippen molar-refractivity contribution in [3.05, 3.63) is 46.4 Å². The fraction of sp³-hybridized carbons (Fsp3) is 0.556. The van der Waals surface area contributed by atoms with Gasteiger partial charge in [-0.05, 0) is 62.1 Å². The van der Waals surface area contributed by atoms with Gasteiger partial charge in [-0.2, -0.15) is 0 Å². The third kappa shape index (κ3) is 4.68. The zero-order chi connectivity index (χ0) is 22.1. The molecule has 1 heterocycles. The number of hydrogen-bond acceptors (Lipinski definition) is 2. The minimum atomic E-state index is -0.413. The second kappa shape index (κ2) is 9.93. The first-order chi connectivity index (χ1) is 15.6. The number of aliphatic hydroxyl groups is 1. The number of hydrogen-bond donors (Lipinski definition) is 1. The number of benzene rings is 2. The van der Waals surface area contributed by atoms with Crippen molar-refractivity contribution in [1.29, 1.82) is 0 Å². The number of halogens is 2. The van der Waals surface area contributed by atoms with Gasteiger partial charge in [-0.1, -0.05) is 61.7 Å². The van der Waals surface area contributed by atoms with Crippen LogP contribution in [0.4, 0.5) is 0 Å². The van der Waals surface area contributed by atoms with Crippen molar-refractivity contribution in [1.82, 2.24) is 9.47 Å². The molecule has 5 rings (SSSR count). The Morgan fingerprint density at radius 3 is 1.72 bits per heavy atom. The van der Waals surface area contributed by atoms with Crippen LogP contribution >= 0.6 is 23.2 Å². The van der Waals surface area contributed by atoms with Gasteiger partial charge in [-0.3, -0.25) is 4.90 Å². The summed E-state index contributed by atoms with van der Waals surface area (Å²) in [6.45, 7) is 1.34. The molecule has 0 radical (unpaired) electrons. The Hall–Kier alpha value is -1.26. The maximum atomic E-state index is 11.4. The smallest absolute Gasteiger partial charge is 0.0846 e. The summed E-state index contributed by atoms with van der Waals surface area (Å²) in [4.78, 5) is 2.70. The van der Waals surface area contributed by atoms with Crippen molar-refractivity contribution in [3.8, 4) is 0 Å². The number of rotatable bonds is 6. The molecular formula is C27H34Cl2N2O. The van der Waals surface area contributed by atoms with Gasteiger partial charge in [-0.25, -0.2) is 0 Å². The van der Waals surface area contributed by atoms with E-state index in [9.17, 15) is 5.11 Å². The Labute approximate surface area is 201 Å². The Balaban J connectivity index is 1.43. The molecule has 0 saturated heterocycles. The molecule has 1 atom stereocenters. The first-order valence-electron chi connectivity index (χ1n) is 12.4. The first kappa shape index (κ1) is 22.5. The van der Waals surface area contributed by atoms with Gasteiger partial charge in [0.25, 0.3) is 0 Å². The van der Waals surface area contributed by atoms with E-state index in [1.807, 2.05) is 24.3 Å². The predicted octanol–water partition coefficient (Wildman–Crippen LogP) is 7.43. The predicted molar refractivity (Wildman–Crippen MR) is 136 cm³/mol. The van der Waals surface area contributed by atoms with Crippen molar-refractivity contribution in [2.45, 2.75) is 88.9 Å². The van der Waals surface area contributed by atoms with E-state index in [0.717, 1.165) is 38.4 Å². The molecule has 1 N–H and O–H groups in total. The van der Waals surface area contributed by atoms with Crippen molar-refractivity contribution in [3.63, 3.8) is 0 Å². The maximum absolute atomic E-state index is 11.4. The van der Waals surface area contributed by atoms with Crippen molar-refractivity contribution >= 4 is 45.0 Å². The molecule has 2 aliphatic carbocycles. The summed E-state index contributed by atoms with van der Waals surface area (Å²) >= 11 is 12.6. The third-order valence-electron chi connectivity index (χ3n) is 7.69. The van der Waals surface area contributed by atoms with Gasteiger partial charge in [-0.15, -0.1) is 0 Å². The van der Waals surface area contributed by atoms with Gasteiger partial charge in [0.15, 0.2) is 0 Å². The van der Waals surface area contributed by atoms with E-state index in [4.69, 9.17) is 23.2 Å². The second-order valence-corrected chi connectivity index (χ2v) is 10.7. The highest BCUT2D eigenvalue weighted by atomic mass is 35.5. The molecule has 172 valence electrons. The van der Waals surface area contributed by atoms with Crippen LogP contribution < -0.4 is 0 Å². The largest absolute Gasteiger partial charge is 0.390 e. The van der Waals surface area contributed by atoms with E-state index >= 15 is 0 Å². The second-order valence-electron chi connectivity index (χ2n) is 9.87. The molecule has 0 bridgehead atoms. The number of aromatic nitrogens is 1. The summed E-state index contributed by atoms with van der Waals surface area (Å²) in [5, 5.41) is 15.0. The van der Waals surface area contributed by atoms with Crippen LogP contribution in [0.1, 0.15) is 64.2 Å². The van der Waals surface area contributed by atoms with Crippen LogP contribution in [0, 0.1) is 0 Å². The van der Waals surface area contributed by atoms with E-state index < -0.39 is 6.10 Å². The zero-order valence-corrected chi connectivity index (χ0v) is 20.3. The van der Waals surface area contributed by atoms with E-state index in [2.05, 4.69) is 21.6 Å². The number of fused-ring (bicyclic) bond motifs is 3. The monoisotopic (exact) mass is 472 g/mol. The molecule has 2 aromatic carbocycles. The average molecular weight is 473 g/mol. The lowest BCUT2D eigenvalue weighted by atomic mass is 9.88. The lowest BCUT2D eigenvalue weighted by molar-refractivity contribution is 0.0242. The van der Waals surface area contributed by atoms with Crippen molar-refractivity contribution in [2.75, 3.05) is 6.54 Å². The van der Waals surface area contributed by atoms with Gasteiger partial charge in [0.05, 0.1) is 12.6 Å². The molecule has 1 aromatic heterocycles. The van der Waals surface area contributed by atoms with Gasteiger partial charge >= 0.3 is 0 Å². The SMILES string of the molecule is O[C@@H](CN(C1CCCCC1)C1CCCCC1)Cn1c2ccc(Cl)cc2c2cc(Cl)ccc21. The van der Waals surface area contributed by atoms with Gasteiger partial charge in [0.1, 0.15) is 0 Å². The van der Waals surface area contributed by atoms with Crippen LogP contribution in [0.25, 0.3) is 21.8 Å². The summed E-state index contributed by atoms with van der Waals surface area (Å²) in [7, 11) is 0. The highest BCUT2D eigenvalue weighted by Gasteiger charge is 2.30. The lowest BCUT2D eigenvalue weighted by Gasteiger charge is -2.42. The van der Waals surface area contributed by atoms with E-state index in [0.29, 0.717) is 18.6 Å². The molecule has 5 heteroatoms. The molecular weight excluding hydrogens is 439 g/mol. The Kier molecular flexibility index (Phi) is 6.99. The third-order valence-corrected chi connectivity index (χ3v) is 8.16. The molecule has 3 nitrogen and oxygen atoms in total. The van der Waals surface area contributed by atoms with Crippen molar-refractivity contribution < 1.29 is 5.11 Å². The Bertz CT molecular complexity index is 989. The van der Waals surface area contributed by atoms with Crippen LogP contribution in [0.15, 0.2) is 36.4 Å². The van der Waals surface area contributed by atoms with E-state index in [1.54, 1.807) is 0 Å². The summed E-state index contributed by atoms with van der Waals surface area (Å²) in [6, 6.07) is 13.3. The molecule has 0 amide bonds. The van der Waals surface area contributed by atoms with E-state index in [-0.39, 0.29) is 0 Å². The maximum Gasteiger partial charge on any atom is 0.0846 e. The summed E-state index contributed by atoms with van der Waals surface area (Å²) in [5.41, 5.74) is 2.21. The number of aliphatic hydroxyl groups excluding tert-OH is 1. The fourth-order valence-electron chi connectivity index (χ4n) is 6.18. The van der Waals surface area contributed by atoms with Crippen LogP contribution in [0.2, 0.25) is 10.0 Å². The molecule has 0 aliphatic heterocycles. The Morgan fingerprint density at radius 1 is 0.781 bits per heavy atom.